The van der Waals surface area contributed by atoms with E-state index in [4.69, 9.17) is 9.47 Å². The zero-order valence-electron chi connectivity index (χ0n) is 18.8. The molecule has 4 heterocycles. The Kier molecular flexibility index (Phi) is 6.14. The van der Waals surface area contributed by atoms with Gasteiger partial charge in [0, 0.05) is 17.8 Å². The quantitative estimate of drug-likeness (QED) is 0.322. The molecule has 0 fully saturated rings. The van der Waals surface area contributed by atoms with Crippen LogP contribution in [0.15, 0.2) is 55.1 Å². The molecule has 5 rings (SSSR count). The van der Waals surface area contributed by atoms with Crippen molar-refractivity contribution in [1.82, 2.24) is 39.8 Å². The maximum absolute atomic E-state index is 14.5. The lowest BCUT2D eigenvalue weighted by molar-refractivity contribution is 0.185. The van der Waals surface area contributed by atoms with Gasteiger partial charge in [0.1, 0.15) is 41.2 Å². The molecule has 0 amide bonds. The number of fused-ring (bicyclic) bond motifs is 1. The van der Waals surface area contributed by atoms with Gasteiger partial charge in [0.2, 0.25) is 6.86 Å². The Balaban J connectivity index is 1.50. The number of benzene rings is 1. The maximum Gasteiger partial charge on any atom is 0.228 e. The molecule has 1 unspecified atom stereocenters. The number of halogens is 2. The Morgan fingerprint density at radius 3 is 2.81 bits per heavy atom. The van der Waals surface area contributed by atoms with Crippen LogP contribution in [0, 0.1) is 17.1 Å². The highest BCUT2D eigenvalue weighted by Gasteiger charge is 2.18. The number of hydrogen-bond acceptors (Lipinski definition) is 9. The summed E-state index contributed by atoms with van der Waals surface area (Å²) in [5.41, 5.74) is 2.27. The van der Waals surface area contributed by atoms with E-state index in [-0.39, 0.29) is 22.8 Å². The number of pyridine rings is 1. The number of imidazole rings is 1. The van der Waals surface area contributed by atoms with Crippen molar-refractivity contribution in [1.29, 1.82) is 5.26 Å². The van der Waals surface area contributed by atoms with E-state index in [9.17, 15) is 14.0 Å². The minimum Gasteiger partial charge on any atom is -0.486 e. The average Bonchev–Trinajstić information content (AvgIpc) is 3.55. The lowest BCUT2D eigenvalue weighted by atomic mass is 10.1. The zero-order valence-corrected chi connectivity index (χ0v) is 18.8. The highest BCUT2D eigenvalue weighted by molar-refractivity contribution is 5.70. The highest BCUT2D eigenvalue weighted by Crippen LogP contribution is 2.30. The van der Waals surface area contributed by atoms with Gasteiger partial charge in [-0.1, -0.05) is 0 Å². The van der Waals surface area contributed by atoms with Crippen LogP contribution in [0.25, 0.3) is 28.3 Å². The highest BCUT2D eigenvalue weighted by atomic mass is 19.1. The summed E-state index contributed by atoms with van der Waals surface area (Å²) in [6, 6.07) is 11.3. The third kappa shape index (κ3) is 4.39. The summed E-state index contributed by atoms with van der Waals surface area (Å²) in [6.07, 6.45) is 3.95. The van der Waals surface area contributed by atoms with E-state index in [0.717, 1.165) is 0 Å². The third-order valence-corrected chi connectivity index (χ3v) is 5.23. The van der Waals surface area contributed by atoms with Crippen LogP contribution < -0.4 is 9.47 Å². The second-order valence-electron chi connectivity index (χ2n) is 7.64. The smallest absolute Gasteiger partial charge is 0.228 e. The summed E-state index contributed by atoms with van der Waals surface area (Å²) in [4.78, 5) is 8.59. The molecule has 0 saturated carbocycles. The van der Waals surface area contributed by atoms with E-state index < -0.39 is 18.8 Å². The van der Waals surface area contributed by atoms with E-state index in [1.165, 1.54) is 40.1 Å². The van der Waals surface area contributed by atoms with E-state index in [1.54, 1.807) is 31.2 Å². The molecule has 5 aromatic rings. The van der Waals surface area contributed by atoms with Crippen molar-refractivity contribution in [3.05, 3.63) is 66.5 Å². The van der Waals surface area contributed by atoms with Gasteiger partial charge >= 0.3 is 0 Å². The number of nitrogens with zero attached hydrogens (tertiary/aromatic N) is 9. The number of ether oxygens (including phenoxy) is 2. The van der Waals surface area contributed by atoms with Gasteiger partial charge in [-0.2, -0.15) is 10.4 Å². The van der Waals surface area contributed by atoms with Gasteiger partial charge in [-0.05, 0) is 47.7 Å². The number of tetrazole rings is 1. The van der Waals surface area contributed by atoms with Crippen LogP contribution in [0.5, 0.6) is 11.5 Å². The van der Waals surface area contributed by atoms with Gasteiger partial charge < -0.3 is 9.47 Å². The monoisotopic (exact) mass is 489 g/mol. The second-order valence-corrected chi connectivity index (χ2v) is 7.64. The van der Waals surface area contributed by atoms with Gasteiger partial charge in [-0.3, -0.25) is 4.98 Å². The van der Waals surface area contributed by atoms with E-state index in [1.807, 2.05) is 6.07 Å². The third-order valence-electron chi connectivity index (χ3n) is 5.23. The van der Waals surface area contributed by atoms with Crippen LogP contribution in [0.4, 0.5) is 8.78 Å². The summed E-state index contributed by atoms with van der Waals surface area (Å²) in [7, 11) is 0. The van der Waals surface area contributed by atoms with Crippen molar-refractivity contribution >= 4 is 5.65 Å². The minimum atomic E-state index is -1.09. The van der Waals surface area contributed by atoms with E-state index in [0.29, 0.717) is 29.1 Å². The number of hydrogen-bond donors (Lipinski definition) is 0. The Morgan fingerprint density at radius 2 is 2.03 bits per heavy atom. The van der Waals surface area contributed by atoms with Gasteiger partial charge in [0.25, 0.3) is 0 Å². The fraction of sp³-hybridized carbons (Fsp3) is 0.174. The molecule has 1 atom stereocenters. The first-order valence-corrected chi connectivity index (χ1v) is 10.7. The molecule has 4 aromatic heterocycles. The fourth-order valence-electron chi connectivity index (χ4n) is 3.65. The zero-order chi connectivity index (χ0) is 25.1. The fourth-order valence-corrected chi connectivity index (χ4v) is 3.65. The first-order valence-electron chi connectivity index (χ1n) is 10.7. The molecular formula is C23H17F2N9O2. The second kappa shape index (κ2) is 9.71. The molecule has 0 aliphatic carbocycles. The molecule has 11 nitrogen and oxygen atoms in total. The van der Waals surface area contributed by atoms with Crippen molar-refractivity contribution in [3.63, 3.8) is 0 Å². The molecule has 36 heavy (non-hydrogen) atoms. The van der Waals surface area contributed by atoms with Crippen LogP contribution in [-0.4, -0.2) is 52.8 Å². The van der Waals surface area contributed by atoms with Crippen LogP contribution in [-0.2, 0) is 6.54 Å². The first kappa shape index (κ1) is 22.8. The molecule has 1 aromatic carbocycles. The lowest BCUT2D eigenvalue weighted by Gasteiger charge is -2.15. The van der Waals surface area contributed by atoms with E-state index in [2.05, 4.69) is 30.6 Å². The summed E-state index contributed by atoms with van der Waals surface area (Å²) >= 11 is 0. The Hall–Kier alpha value is -4.99. The Labute approximate surface area is 202 Å². The number of alkyl halides is 1. The topological polar surface area (TPSA) is 129 Å². The van der Waals surface area contributed by atoms with Gasteiger partial charge in [-0.15, -0.1) is 5.10 Å². The van der Waals surface area contributed by atoms with Crippen molar-refractivity contribution in [3.8, 4) is 40.2 Å². The van der Waals surface area contributed by atoms with E-state index >= 15 is 0 Å². The largest absolute Gasteiger partial charge is 0.486 e. The van der Waals surface area contributed by atoms with Crippen LogP contribution in [0.1, 0.15) is 12.5 Å². The first-order chi connectivity index (χ1) is 17.6. The molecule has 0 aliphatic heterocycles. The number of rotatable bonds is 8. The maximum atomic E-state index is 14.5. The minimum absolute atomic E-state index is 0.0466. The molecule has 0 bridgehead atoms. The number of aromatic nitrogens is 8. The molecule has 180 valence electrons. The molecule has 0 aliphatic rings. The molecule has 13 heteroatoms. The Morgan fingerprint density at radius 1 is 1.14 bits per heavy atom. The average molecular weight is 489 g/mol. The van der Waals surface area contributed by atoms with Gasteiger partial charge in [-0.25, -0.2) is 23.0 Å². The number of nitriles is 1. The van der Waals surface area contributed by atoms with Crippen LogP contribution >= 0.6 is 0 Å². The molecule has 0 spiro atoms. The lowest BCUT2D eigenvalue weighted by Crippen LogP contribution is -2.20. The Bertz CT molecular complexity index is 1560. The van der Waals surface area contributed by atoms with Crippen molar-refractivity contribution in [2.24, 2.45) is 0 Å². The summed E-state index contributed by atoms with van der Waals surface area (Å²) < 4.78 is 41.0. The predicted molar refractivity (Wildman–Crippen MR) is 121 cm³/mol. The van der Waals surface area contributed by atoms with Crippen molar-refractivity contribution < 1.29 is 18.3 Å². The van der Waals surface area contributed by atoms with Gasteiger partial charge in [0.05, 0.1) is 18.4 Å². The summed E-state index contributed by atoms with van der Waals surface area (Å²) in [5, 5.41) is 25.2. The molecule has 0 radical (unpaired) electrons. The van der Waals surface area contributed by atoms with Crippen molar-refractivity contribution in [2.75, 3.05) is 6.86 Å². The summed E-state index contributed by atoms with van der Waals surface area (Å²) in [6.45, 7) is 1.02. The van der Waals surface area contributed by atoms with Crippen LogP contribution in [0.2, 0.25) is 0 Å². The normalized spacial score (nSPS) is 11.8. The van der Waals surface area contributed by atoms with Gasteiger partial charge in [0.15, 0.2) is 17.2 Å². The SMILES string of the molecule is CC(Cn1cnnn1)Oc1cc(-c2ccc3ncc(-c4nccc(OCF)c4C#N)n3n2)ccc1F. The van der Waals surface area contributed by atoms with Crippen molar-refractivity contribution in [2.45, 2.75) is 19.6 Å². The van der Waals surface area contributed by atoms with Crippen LogP contribution in [0.3, 0.4) is 0 Å². The predicted octanol–water partition coefficient (Wildman–Crippen LogP) is 3.23. The standard InChI is InChI=1S/C23H17F2N9O2/c1-14(11-33-13-29-31-32-33)36-21-8-15(2-3-17(21)25)18-4-5-22-28-10-19(34(22)30-18)23-16(9-26)20(35-12-24)6-7-27-23/h2-8,10,13-14H,11-12H2,1H3. The summed E-state index contributed by atoms with van der Waals surface area (Å²) in [5.74, 6) is -0.420. The molecular weight excluding hydrogens is 472 g/mol. The molecule has 0 N–H and O–H groups in total. The molecule has 0 saturated heterocycles.